The highest BCUT2D eigenvalue weighted by Crippen LogP contribution is 2.29. The van der Waals surface area contributed by atoms with E-state index in [1.165, 1.54) is 6.07 Å². The van der Waals surface area contributed by atoms with Crippen LogP contribution in [0.5, 0.6) is 0 Å². The lowest BCUT2D eigenvalue weighted by Gasteiger charge is -2.16. The maximum absolute atomic E-state index is 11.9. The molecule has 0 bridgehead atoms. The largest absolute Gasteiger partial charge is 0.478 e. The van der Waals surface area contributed by atoms with E-state index in [2.05, 4.69) is 9.47 Å². The second-order valence-electron chi connectivity index (χ2n) is 4.54. The standard InChI is InChI=1S/C16H14O6/c1-21-15(19)13(16(20)22-2)11-8-7-9-5-3-4-6-10(9)12(11)14(17)18/h3-8,13H,1-2H3,(H,17,18). The average molecular weight is 302 g/mol. The molecule has 0 amide bonds. The monoisotopic (exact) mass is 302 g/mol. The van der Waals surface area contributed by atoms with E-state index >= 15 is 0 Å². The molecule has 0 unspecified atom stereocenters. The zero-order valence-electron chi connectivity index (χ0n) is 12.0. The number of carboxylic acids is 1. The first-order valence-electron chi connectivity index (χ1n) is 6.41. The number of fused-ring (bicyclic) bond motifs is 1. The molecule has 6 heteroatoms. The molecular weight excluding hydrogens is 288 g/mol. The van der Waals surface area contributed by atoms with Crippen LogP contribution in [0.1, 0.15) is 21.8 Å². The van der Waals surface area contributed by atoms with Gasteiger partial charge in [0.15, 0.2) is 5.92 Å². The highest BCUT2D eigenvalue weighted by atomic mass is 16.5. The summed E-state index contributed by atoms with van der Waals surface area (Å²) in [5.41, 5.74) is -0.0659. The molecule has 0 aliphatic rings. The zero-order chi connectivity index (χ0) is 16.3. The van der Waals surface area contributed by atoms with Crippen molar-refractivity contribution in [3.05, 3.63) is 47.5 Å². The third-order valence-corrected chi connectivity index (χ3v) is 3.36. The number of aromatic carboxylic acids is 1. The van der Waals surface area contributed by atoms with Crippen LogP contribution in [0.25, 0.3) is 10.8 Å². The van der Waals surface area contributed by atoms with Crippen LogP contribution < -0.4 is 0 Å². The van der Waals surface area contributed by atoms with E-state index in [4.69, 9.17) is 0 Å². The molecule has 0 aliphatic carbocycles. The molecule has 0 atom stereocenters. The van der Waals surface area contributed by atoms with Gasteiger partial charge in [-0.2, -0.15) is 0 Å². The number of esters is 2. The van der Waals surface area contributed by atoms with Crippen molar-refractivity contribution in [1.29, 1.82) is 0 Å². The number of hydrogen-bond donors (Lipinski definition) is 1. The number of benzene rings is 2. The molecule has 0 spiro atoms. The summed E-state index contributed by atoms with van der Waals surface area (Å²) in [4.78, 5) is 35.5. The van der Waals surface area contributed by atoms with E-state index in [0.29, 0.717) is 10.8 Å². The molecule has 2 aromatic carbocycles. The van der Waals surface area contributed by atoms with Crippen molar-refractivity contribution in [2.75, 3.05) is 14.2 Å². The van der Waals surface area contributed by atoms with Crippen molar-refractivity contribution in [1.82, 2.24) is 0 Å². The number of hydrogen-bond acceptors (Lipinski definition) is 5. The molecule has 22 heavy (non-hydrogen) atoms. The number of ether oxygens (including phenoxy) is 2. The maximum Gasteiger partial charge on any atom is 0.336 e. The minimum Gasteiger partial charge on any atom is -0.478 e. The average Bonchev–Trinajstić information content (AvgIpc) is 2.53. The van der Waals surface area contributed by atoms with Crippen LogP contribution in [0, 0.1) is 0 Å². The summed E-state index contributed by atoms with van der Waals surface area (Å²) in [6, 6.07) is 9.90. The summed E-state index contributed by atoms with van der Waals surface area (Å²) in [5.74, 6) is -4.41. The van der Waals surface area contributed by atoms with E-state index in [0.717, 1.165) is 14.2 Å². The topological polar surface area (TPSA) is 89.9 Å². The van der Waals surface area contributed by atoms with E-state index in [1.807, 2.05) is 0 Å². The van der Waals surface area contributed by atoms with Gasteiger partial charge < -0.3 is 14.6 Å². The normalized spacial score (nSPS) is 10.5. The first-order valence-corrected chi connectivity index (χ1v) is 6.41. The Labute approximate surface area is 126 Å². The van der Waals surface area contributed by atoms with Crippen LogP contribution in [-0.2, 0) is 19.1 Å². The molecule has 114 valence electrons. The van der Waals surface area contributed by atoms with Crippen molar-refractivity contribution >= 4 is 28.7 Å². The van der Waals surface area contributed by atoms with Gasteiger partial charge in [-0.3, -0.25) is 9.59 Å². The fraction of sp³-hybridized carbons (Fsp3) is 0.188. The van der Waals surface area contributed by atoms with Crippen LogP contribution in [0.15, 0.2) is 36.4 Å². The van der Waals surface area contributed by atoms with Gasteiger partial charge in [0, 0.05) is 0 Å². The number of methoxy groups -OCH3 is 2. The number of carboxylic acid groups (broad SMARTS) is 1. The van der Waals surface area contributed by atoms with Gasteiger partial charge in [-0.15, -0.1) is 0 Å². The number of carbonyl (C=O) groups is 3. The van der Waals surface area contributed by atoms with Crippen LogP contribution in [0.3, 0.4) is 0 Å². The summed E-state index contributed by atoms with van der Waals surface area (Å²) >= 11 is 0. The van der Waals surface area contributed by atoms with Gasteiger partial charge in [0.2, 0.25) is 0 Å². The maximum atomic E-state index is 11.9. The summed E-state index contributed by atoms with van der Waals surface area (Å²) < 4.78 is 9.21. The Morgan fingerprint density at radius 1 is 0.955 bits per heavy atom. The SMILES string of the molecule is COC(=O)C(C(=O)OC)c1ccc2ccccc2c1C(=O)O. The summed E-state index contributed by atoms with van der Waals surface area (Å²) in [6.07, 6.45) is 0. The van der Waals surface area contributed by atoms with E-state index < -0.39 is 23.8 Å². The van der Waals surface area contributed by atoms with Gasteiger partial charge in [0.1, 0.15) is 0 Å². The Kier molecular flexibility index (Phi) is 4.41. The number of carbonyl (C=O) groups excluding carboxylic acids is 2. The zero-order valence-corrected chi connectivity index (χ0v) is 12.0. The molecule has 0 saturated carbocycles. The van der Waals surface area contributed by atoms with Crippen molar-refractivity contribution in [2.45, 2.75) is 5.92 Å². The van der Waals surface area contributed by atoms with E-state index in [1.54, 1.807) is 30.3 Å². The predicted molar refractivity (Wildman–Crippen MR) is 77.7 cm³/mol. The van der Waals surface area contributed by atoms with Gasteiger partial charge in [-0.05, 0) is 16.3 Å². The Morgan fingerprint density at radius 3 is 2.09 bits per heavy atom. The minimum absolute atomic E-state index is 0.0462. The highest BCUT2D eigenvalue weighted by molar-refractivity contribution is 6.10. The Balaban J connectivity index is 2.77. The first-order chi connectivity index (χ1) is 10.5. The first kappa shape index (κ1) is 15.5. The lowest BCUT2D eigenvalue weighted by atomic mass is 9.90. The Hall–Kier alpha value is -2.89. The van der Waals surface area contributed by atoms with Gasteiger partial charge >= 0.3 is 17.9 Å². The van der Waals surface area contributed by atoms with Crippen LogP contribution >= 0.6 is 0 Å². The van der Waals surface area contributed by atoms with Gasteiger partial charge in [0.05, 0.1) is 19.8 Å². The fourth-order valence-electron chi connectivity index (χ4n) is 2.35. The van der Waals surface area contributed by atoms with Crippen molar-refractivity contribution in [2.24, 2.45) is 0 Å². The Morgan fingerprint density at radius 2 is 1.55 bits per heavy atom. The molecule has 0 heterocycles. The van der Waals surface area contributed by atoms with Crippen LogP contribution in [0.2, 0.25) is 0 Å². The fourth-order valence-corrected chi connectivity index (χ4v) is 2.35. The van der Waals surface area contributed by atoms with Gasteiger partial charge in [0.25, 0.3) is 0 Å². The second-order valence-corrected chi connectivity index (χ2v) is 4.54. The van der Waals surface area contributed by atoms with Crippen LogP contribution in [-0.4, -0.2) is 37.2 Å². The predicted octanol–water partition coefficient (Wildman–Crippen LogP) is 1.97. The van der Waals surface area contributed by atoms with Crippen molar-refractivity contribution < 1.29 is 29.0 Å². The lowest BCUT2D eigenvalue weighted by Crippen LogP contribution is -2.26. The smallest absolute Gasteiger partial charge is 0.336 e. The van der Waals surface area contributed by atoms with Crippen molar-refractivity contribution in [3.8, 4) is 0 Å². The van der Waals surface area contributed by atoms with Crippen LogP contribution in [0.4, 0.5) is 0 Å². The number of rotatable bonds is 4. The van der Waals surface area contributed by atoms with E-state index in [9.17, 15) is 19.5 Å². The van der Waals surface area contributed by atoms with Crippen molar-refractivity contribution in [3.63, 3.8) is 0 Å². The molecule has 0 aliphatic heterocycles. The third kappa shape index (κ3) is 2.63. The molecule has 0 radical (unpaired) electrons. The Bertz CT molecular complexity index is 733. The summed E-state index contributed by atoms with van der Waals surface area (Å²) in [5, 5.41) is 10.6. The molecule has 0 saturated heterocycles. The highest BCUT2D eigenvalue weighted by Gasteiger charge is 2.34. The molecule has 1 N–H and O–H groups in total. The molecule has 0 fully saturated rings. The molecular formula is C16H14O6. The summed E-state index contributed by atoms with van der Waals surface area (Å²) in [6.45, 7) is 0. The lowest BCUT2D eigenvalue weighted by molar-refractivity contribution is -0.154. The molecule has 2 aromatic rings. The quantitative estimate of drug-likeness (QED) is 0.686. The second kappa shape index (κ2) is 6.26. The minimum atomic E-state index is -1.44. The van der Waals surface area contributed by atoms with E-state index in [-0.39, 0.29) is 11.1 Å². The molecule has 6 nitrogen and oxygen atoms in total. The molecule has 2 rings (SSSR count). The third-order valence-electron chi connectivity index (χ3n) is 3.36. The molecule has 0 aromatic heterocycles. The summed E-state index contributed by atoms with van der Waals surface area (Å²) in [7, 11) is 2.25. The van der Waals surface area contributed by atoms with Gasteiger partial charge in [-0.25, -0.2) is 4.79 Å². The van der Waals surface area contributed by atoms with Gasteiger partial charge in [-0.1, -0.05) is 36.4 Å².